The van der Waals surface area contributed by atoms with E-state index in [4.69, 9.17) is 0 Å². The van der Waals surface area contributed by atoms with Gasteiger partial charge in [-0.15, -0.1) is 0 Å². The standard InChI is InChI=1S/C8H16NO/c1-4-8(5-2)9-7(3)6-10/h7-9H,4-5H2,1-3H3. The van der Waals surface area contributed by atoms with Gasteiger partial charge in [-0.05, 0) is 19.8 Å². The molecule has 0 bridgehead atoms. The normalized spacial score (nSPS) is 13.6. The first-order chi connectivity index (χ1) is 4.74. The molecule has 0 aliphatic rings. The maximum atomic E-state index is 10.1. The second-order valence-electron chi connectivity index (χ2n) is 2.52. The van der Waals surface area contributed by atoms with Crippen LogP contribution in [0.4, 0.5) is 0 Å². The minimum atomic E-state index is -0.120. The van der Waals surface area contributed by atoms with Crippen LogP contribution in [0.2, 0.25) is 0 Å². The van der Waals surface area contributed by atoms with Gasteiger partial charge >= 0.3 is 0 Å². The highest BCUT2D eigenvalue weighted by molar-refractivity contribution is 5.57. The van der Waals surface area contributed by atoms with Crippen LogP contribution < -0.4 is 5.32 Å². The first-order valence-corrected chi connectivity index (χ1v) is 3.88. The van der Waals surface area contributed by atoms with Crippen molar-refractivity contribution < 1.29 is 4.79 Å². The van der Waals surface area contributed by atoms with Crippen LogP contribution in [0, 0.1) is 0 Å². The Morgan fingerprint density at radius 1 is 1.40 bits per heavy atom. The summed E-state index contributed by atoms with van der Waals surface area (Å²) in [4.78, 5) is 10.1. The molecule has 0 saturated heterocycles. The third-order valence-corrected chi connectivity index (χ3v) is 1.65. The van der Waals surface area contributed by atoms with Crippen molar-refractivity contribution in [2.75, 3.05) is 0 Å². The van der Waals surface area contributed by atoms with Gasteiger partial charge in [-0.2, -0.15) is 0 Å². The van der Waals surface area contributed by atoms with Crippen LogP contribution in [0.5, 0.6) is 0 Å². The van der Waals surface area contributed by atoms with Gasteiger partial charge in [0.15, 0.2) is 0 Å². The summed E-state index contributed by atoms with van der Waals surface area (Å²) in [6.45, 7) is 6.04. The van der Waals surface area contributed by atoms with E-state index in [1.807, 2.05) is 13.2 Å². The third kappa shape index (κ3) is 3.62. The summed E-state index contributed by atoms with van der Waals surface area (Å²) < 4.78 is 0. The van der Waals surface area contributed by atoms with Gasteiger partial charge in [0.1, 0.15) is 0 Å². The smallest absolute Gasteiger partial charge is 0.216 e. The Kier molecular flexibility index (Phi) is 5.22. The molecule has 10 heavy (non-hydrogen) atoms. The van der Waals surface area contributed by atoms with Gasteiger partial charge in [0.2, 0.25) is 6.29 Å². The van der Waals surface area contributed by atoms with E-state index in [9.17, 15) is 4.79 Å². The Labute approximate surface area is 63.0 Å². The van der Waals surface area contributed by atoms with Crippen LogP contribution in [0.25, 0.3) is 0 Å². The molecule has 0 aliphatic carbocycles. The zero-order valence-electron chi connectivity index (χ0n) is 6.98. The van der Waals surface area contributed by atoms with E-state index in [0.29, 0.717) is 6.04 Å². The first-order valence-electron chi connectivity index (χ1n) is 3.88. The highest BCUT2D eigenvalue weighted by Crippen LogP contribution is 1.96. The molecule has 0 rings (SSSR count). The molecule has 0 aromatic heterocycles. The summed E-state index contributed by atoms with van der Waals surface area (Å²) in [5.74, 6) is 0. The minimum absolute atomic E-state index is 0.120. The van der Waals surface area contributed by atoms with E-state index < -0.39 is 0 Å². The molecule has 2 nitrogen and oxygen atoms in total. The van der Waals surface area contributed by atoms with E-state index in [2.05, 4.69) is 19.2 Å². The van der Waals surface area contributed by atoms with Gasteiger partial charge in [-0.25, -0.2) is 0 Å². The summed E-state index contributed by atoms with van der Waals surface area (Å²) in [5.41, 5.74) is 0. The molecule has 0 amide bonds. The van der Waals surface area contributed by atoms with Crippen LogP contribution >= 0.6 is 0 Å². The molecule has 2 heteroatoms. The zero-order valence-corrected chi connectivity index (χ0v) is 6.98. The van der Waals surface area contributed by atoms with Crippen LogP contribution in [0.1, 0.15) is 33.6 Å². The summed E-state index contributed by atoms with van der Waals surface area (Å²) in [7, 11) is 0. The number of hydrogen-bond acceptors (Lipinski definition) is 2. The van der Waals surface area contributed by atoms with Crippen molar-refractivity contribution in [2.24, 2.45) is 0 Å². The molecule has 1 atom stereocenters. The van der Waals surface area contributed by atoms with Gasteiger partial charge in [-0.3, -0.25) is 4.79 Å². The highest BCUT2D eigenvalue weighted by atomic mass is 16.1. The molecular formula is C8H16NO. The van der Waals surface area contributed by atoms with Crippen molar-refractivity contribution in [3.63, 3.8) is 0 Å². The molecule has 59 valence electrons. The van der Waals surface area contributed by atoms with Gasteiger partial charge in [0.05, 0.1) is 6.04 Å². The first kappa shape index (κ1) is 9.63. The van der Waals surface area contributed by atoms with E-state index in [1.165, 1.54) is 0 Å². The maximum Gasteiger partial charge on any atom is 0.216 e. The lowest BCUT2D eigenvalue weighted by Gasteiger charge is -2.15. The van der Waals surface area contributed by atoms with Crippen LogP contribution in [-0.2, 0) is 4.79 Å². The second-order valence-corrected chi connectivity index (χ2v) is 2.52. The maximum absolute atomic E-state index is 10.1. The van der Waals surface area contributed by atoms with Crippen LogP contribution in [-0.4, -0.2) is 18.4 Å². The van der Waals surface area contributed by atoms with E-state index in [-0.39, 0.29) is 6.04 Å². The summed E-state index contributed by atoms with van der Waals surface area (Å²) >= 11 is 0. The monoisotopic (exact) mass is 142 g/mol. The van der Waals surface area contributed by atoms with Crippen LogP contribution in [0.3, 0.4) is 0 Å². The third-order valence-electron chi connectivity index (χ3n) is 1.65. The van der Waals surface area contributed by atoms with Crippen molar-refractivity contribution >= 4 is 6.29 Å². The topological polar surface area (TPSA) is 29.1 Å². The Hall–Kier alpha value is -0.370. The van der Waals surface area contributed by atoms with Crippen LogP contribution in [0.15, 0.2) is 0 Å². The van der Waals surface area contributed by atoms with Crippen molar-refractivity contribution in [1.29, 1.82) is 0 Å². The fraction of sp³-hybridized carbons (Fsp3) is 0.875. The largest absolute Gasteiger partial charge is 0.305 e. The fourth-order valence-corrected chi connectivity index (χ4v) is 0.912. The molecule has 0 heterocycles. The quantitative estimate of drug-likeness (QED) is 0.626. The Balaban J connectivity index is 3.51. The molecule has 1 radical (unpaired) electrons. The van der Waals surface area contributed by atoms with Gasteiger partial charge < -0.3 is 5.32 Å². The fourth-order valence-electron chi connectivity index (χ4n) is 0.912. The average Bonchev–Trinajstić information content (AvgIpc) is 1.99. The van der Waals surface area contributed by atoms with Crippen molar-refractivity contribution in [3.8, 4) is 0 Å². The highest BCUT2D eigenvalue weighted by Gasteiger charge is 2.06. The second kappa shape index (κ2) is 5.42. The molecule has 0 spiro atoms. The average molecular weight is 142 g/mol. The molecule has 1 N–H and O–H groups in total. The minimum Gasteiger partial charge on any atom is -0.305 e. The van der Waals surface area contributed by atoms with E-state index >= 15 is 0 Å². The molecule has 0 aromatic carbocycles. The Morgan fingerprint density at radius 3 is 2.20 bits per heavy atom. The number of nitrogens with one attached hydrogen (secondary N) is 1. The lowest BCUT2D eigenvalue weighted by Crippen LogP contribution is -2.36. The summed E-state index contributed by atoms with van der Waals surface area (Å²) in [6, 6.07) is 0.348. The van der Waals surface area contributed by atoms with E-state index in [1.54, 1.807) is 0 Å². The molecule has 0 aliphatic heterocycles. The lowest BCUT2D eigenvalue weighted by atomic mass is 10.1. The molecule has 0 aromatic rings. The van der Waals surface area contributed by atoms with Crippen molar-refractivity contribution in [3.05, 3.63) is 0 Å². The van der Waals surface area contributed by atoms with Gasteiger partial charge in [0, 0.05) is 6.04 Å². The van der Waals surface area contributed by atoms with Crippen molar-refractivity contribution in [2.45, 2.75) is 45.7 Å². The Bertz CT molecular complexity index is 89.3. The molecule has 1 unspecified atom stereocenters. The Morgan fingerprint density at radius 2 is 1.90 bits per heavy atom. The molecule has 0 fully saturated rings. The molecule has 0 saturated carbocycles. The lowest BCUT2D eigenvalue weighted by molar-refractivity contribution is 0.452. The summed E-state index contributed by atoms with van der Waals surface area (Å²) in [6.07, 6.45) is 4.05. The zero-order chi connectivity index (χ0) is 7.98. The number of rotatable bonds is 5. The number of carbonyl (C=O) groups excluding carboxylic acids is 1. The predicted molar refractivity (Wildman–Crippen MR) is 42.7 cm³/mol. The van der Waals surface area contributed by atoms with E-state index in [0.717, 1.165) is 12.8 Å². The predicted octanol–water partition coefficient (Wildman–Crippen LogP) is 1.26. The van der Waals surface area contributed by atoms with Gasteiger partial charge in [-0.1, -0.05) is 13.8 Å². The van der Waals surface area contributed by atoms with Gasteiger partial charge in [0.25, 0.3) is 0 Å². The molecular weight excluding hydrogens is 126 g/mol. The number of hydrogen-bond donors (Lipinski definition) is 1. The SMILES string of the molecule is CCC(CC)NC(C)[C]=O. The summed E-state index contributed by atoms with van der Waals surface area (Å²) in [5, 5.41) is 3.14. The van der Waals surface area contributed by atoms with Crippen molar-refractivity contribution in [1.82, 2.24) is 5.32 Å².